The fourth-order valence-corrected chi connectivity index (χ4v) is 4.57. The van der Waals surface area contributed by atoms with Crippen LogP contribution in [0.2, 0.25) is 0 Å². The largest absolute Gasteiger partial charge is 0.382 e. The number of aliphatic imine (C=N–C) groups is 1. The molecule has 0 atom stereocenters. The van der Waals surface area contributed by atoms with Crippen LogP contribution in [0.3, 0.4) is 0 Å². The lowest BCUT2D eigenvalue weighted by molar-refractivity contribution is 0.145. The van der Waals surface area contributed by atoms with Gasteiger partial charge in [-0.05, 0) is 44.2 Å². The Morgan fingerprint density at radius 1 is 1.21 bits per heavy atom. The van der Waals surface area contributed by atoms with E-state index in [2.05, 4.69) is 15.6 Å². The summed E-state index contributed by atoms with van der Waals surface area (Å²) >= 11 is 0. The lowest BCUT2D eigenvalue weighted by atomic mass is 9.98. The quantitative estimate of drug-likeness (QED) is 0.224. The fraction of sp³-hybridized carbons (Fsp3) is 0.632. The number of halogens is 1. The number of benzene rings is 1. The minimum Gasteiger partial charge on any atom is -0.382 e. The third kappa shape index (κ3) is 7.84. The topological polar surface area (TPSA) is 83.0 Å². The molecular weight excluding hydrogens is 491 g/mol. The predicted octanol–water partition coefficient (Wildman–Crippen LogP) is 2.30. The highest BCUT2D eigenvalue weighted by Gasteiger charge is 2.29. The van der Waals surface area contributed by atoms with Gasteiger partial charge in [0.05, 0.1) is 4.90 Å². The maximum Gasteiger partial charge on any atom is 0.243 e. The summed E-state index contributed by atoms with van der Waals surface area (Å²) in [4.78, 5) is 4.60. The molecule has 1 fully saturated rings. The fourth-order valence-electron chi connectivity index (χ4n) is 3.08. The average Bonchev–Trinajstić information content (AvgIpc) is 2.71. The van der Waals surface area contributed by atoms with Gasteiger partial charge in [0.2, 0.25) is 10.0 Å². The molecule has 0 saturated carbocycles. The molecule has 1 saturated heterocycles. The van der Waals surface area contributed by atoms with Crippen LogP contribution in [0.25, 0.3) is 0 Å². The van der Waals surface area contributed by atoms with Gasteiger partial charge in [-0.15, -0.1) is 24.0 Å². The van der Waals surface area contributed by atoms with E-state index in [1.54, 1.807) is 35.6 Å². The van der Waals surface area contributed by atoms with Gasteiger partial charge in [-0.3, -0.25) is 4.99 Å². The number of hydrogen-bond donors (Lipinski definition) is 2. The van der Waals surface area contributed by atoms with Gasteiger partial charge in [0, 0.05) is 46.4 Å². The van der Waals surface area contributed by atoms with Crippen LogP contribution in [0.5, 0.6) is 0 Å². The Labute approximate surface area is 186 Å². The summed E-state index contributed by atoms with van der Waals surface area (Å²) in [5.41, 5.74) is 0. The summed E-state index contributed by atoms with van der Waals surface area (Å²) in [7, 11) is -1.62. The number of hydrogen-bond acceptors (Lipinski definition) is 4. The molecule has 1 aromatic carbocycles. The molecule has 2 N–H and O–H groups in total. The van der Waals surface area contributed by atoms with Crippen LogP contribution in [0.15, 0.2) is 40.2 Å². The molecule has 0 bridgehead atoms. The SMILES string of the molecule is CCOCCCNC(=NC)NCC1CCN(S(=O)(=O)c2ccccc2)CC1.I. The molecule has 0 unspecified atom stereocenters. The summed E-state index contributed by atoms with van der Waals surface area (Å²) in [6, 6.07) is 8.66. The zero-order valence-electron chi connectivity index (χ0n) is 16.8. The molecule has 9 heteroatoms. The van der Waals surface area contributed by atoms with Crippen molar-refractivity contribution in [3.63, 3.8) is 0 Å². The van der Waals surface area contributed by atoms with Gasteiger partial charge in [0.1, 0.15) is 0 Å². The number of piperidine rings is 1. The first-order valence-electron chi connectivity index (χ1n) is 9.65. The molecule has 160 valence electrons. The van der Waals surface area contributed by atoms with Crippen LogP contribution in [-0.4, -0.2) is 65.1 Å². The van der Waals surface area contributed by atoms with Gasteiger partial charge in [-0.1, -0.05) is 18.2 Å². The van der Waals surface area contributed by atoms with E-state index in [4.69, 9.17) is 4.74 Å². The van der Waals surface area contributed by atoms with Gasteiger partial charge < -0.3 is 15.4 Å². The van der Waals surface area contributed by atoms with Crippen LogP contribution < -0.4 is 10.6 Å². The second-order valence-electron chi connectivity index (χ2n) is 6.59. The minimum absolute atomic E-state index is 0. The molecule has 0 spiro atoms. The number of rotatable bonds is 9. The van der Waals surface area contributed by atoms with E-state index in [0.717, 1.165) is 51.5 Å². The Bertz CT molecular complexity index is 678. The van der Waals surface area contributed by atoms with Crippen LogP contribution in [-0.2, 0) is 14.8 Å². The first kappa shape index (κ1) is 25.1. The van der Waals surface area contributed by atoms with Crippen molar-refractivity contribution in [3.8, 4) is 0 Å². The Morgan fingerprint density at radius 2 is 1.89 bits per heavy atom. The molecule has 2 rings (SSSR count). The molecule has 0 radical (unpaired) electrons. The van der Waals surface area contributed by atoms with E-state index in [1.807, 2.05) is 13.0 Å². The second-order valence-corrected chi connectivity index (χ2v) is 8.53. The number of nitrogens with one attached hydrogen (secondary N) is 2. The smallest absolute Gasteiger partial charge is 0.243 e. The third-order valence-corrected chi connectivity index (χ3v) is 6.61. The summed E-state index contributed by atoms with van der Waals surface area (Å²) in [5, 5.41) is 6.62. The zero-order chi connectivity index (χ0) is 19.5. The van der Waals surface area contributed by atoms with E-state index < -0.39 is 10.0 Å². The van der Waals surface area contributed by atoms with E-state index in [-0.39, 0.29) is 24.0 Å². The monoisotopic (exact) mass is 524 g/mol. The highest BCUT2D eigenvalue weighted by atomic mass is 127. The molecular formula is C19H33IN4O3S. The highest BCUT2D eigenvalue weighted by Crippen LogP contribution is 2.23. The van der Waals surface area contributed by atoms with Crippen molar-refractivity contribution in [2.45, 2.75) is 31.1 Å². The van der Waals surface area contributed by atoms with Gasteiger partial charge in [0.25, 0.3) is 0 Å². The Hall–Kier alpha value is -0.910. The van der Waals surface area contributed by atoms with Crippen LogP contribution in [0, 0.1) is 5.92 Å². The lowest BCUT2D eigenvalue weighted by Gasteiger charge is -2.31. The minimum atomic E-state index is -3.38. The summed E-state index contributed by atoms with van der Waals surface area (Å²) in [5.74, 6) is 1.22. The molecule has 1 heterocycles. The Morgan fingerprint density at radius 3 is 2.50 bits per heavy atom. The van der Waals surface area contributed by atoms with Crippen molar-refractivity contribution < 1.29 is 13.2 Å². The van der Waals surface area contributed by atoms with Crippen molar-refractivity contribution in [2.24, 2.45) is 10.9 Å². The molecule has 0 amide bonds. The molecule has 0 aliphatic carbocycles. The normalized spacial score (nSPS) is 16.4. The standard InChI is InChI=1S/C19H32N4O3S.HI/c1-3-26-15-7-12-21-19(20-2)22-16-17-10-13-23(14-11-17)27(24,25)18-8-5-4-6-9-18;/h4-6,8-9,17H,3,7,10-16H2,1-2H3,(H2,20,21,22);1H. The van der Waals surface area contributed by atoms with Gasteiger partial charge in [-0.25, -0.2) is 8.42 Å². The van der Waals surface area contributed by atoms with Crippen molar-refractivity contribution in [3.05, 3.63) is 30.3 Å². The zero-order valence-corrected chi connectivity index (χ0v) is 19.9. The van der Waals surface area contributed by atoms with Crippen LogP contribution in [0.1, 0.15) is 26.2 Å². The summed E-state index contributed by atoms with van der Waals surface area (Å²) in [6.07, 6.45) is 2.63. The van der Waals surface area contributed by atoms with Gasteiger partial charge >= 0.3 is 0 Å². The van der Waals surface area contributed by atoms with E-state index >= 15 is 0 Å². The third-order valence-electron chi connectivity index (χ3n) is 4.70. The van der Waals surface area contributed by atoms with Crippen molar-refractivity contribution in [1.29, 1.82) is 0 Å². The number of nitrogens with zero attached hydrogens (tertiary/aromatic N) is 2. The van der Waals surface area contributed by atoms with E-state index in [1.165, 1.54) is 0 Å². The number of sulfonamides is 1. The first-order chi connectivity index (χ1) is 13.1. The van der Waals surface area contributed by atoms with Gasteiger partial charge in [-0.2, -0.15) is 4.31 Å². The average molecular weight is 524 g/mol. The van der Waals surface area contributed by atoms with E-state index in [9.17, 15) is 8.42 Å². The second kappa shape index (κ2) is 13.3. The lowest BCUT2D eigenvalue weighted by Crippen LogP contribution is -2.44. The molecule has 0 aromatic heterocycles. The first-order valence-corrected chi connectivity index (χ1v) is 11.1. The van der Waals surface area contributed by atoms with E-state index in [0.29, 0.717) is 23.9 Å². The highest BCUT2D eigenvalue weighted by molar-refractivity contribution is 14.0. The van der Waals surface area contributed by atoms with Crippen molar-refractivity contribution in [1.82, 2.24) is 14.9 Å². The van der Waals surface area contributed by atoms with Crippen LogP contribution in [0.4, 0.5) is 0 Å². The number of ether oxygens (including phenoxy) is 1. The van der Waals surface area contributed by atoms with Crippen LogP contribution >= 0.6 is 24.0 Å². The van der Waals surface area contributed by atoms with Crippen molar-refractivity contribution in [2.75, 3.05) is 46.4 Å². The molecule has 7 nitrogen and oxygen atoms in total. The number of guanidine groups is 1. The Kier molecular flexibility index (Phi) is 12.0. The maximum atomic E-state index is 12.7. The summed E-state index contributed by atoms with van der Waals surface area (Å²) < 4.78 is 32.3. The van der Waals surface area contributed by atoms with Crippen molar-refractivity contribution >= 4 is 40.0 Å². The molecule has 1 aromatic rings. The predicted molar refractivity (Wildman–Crippen MR) is 124 cm³/mol. The molecule has 1 aliphatic rings. The van der Waals surface area contributed by atoms with Gasteiger partial charge in [0.15, 0.2) is 5.96 Å². The molecule has 1 aliphatic heterocycles. The molecule has 28 heavy (non-hydrogen) atoms. The maximum absolute atomic E-state index is 12.7. The summed E-state index contributed by atoms with van der Waals surface area (Å²) in [6.45, 7) is 6.20. The Balaban J connectivity index is 0.00000392.